The Bertz CT molecular complexity index is 826. The number of nitrogens with zero attached hydrogens (tertiary/aromatic N) is 2. The molecule has 6 nitrogen and oxygen atoms in total. The number of hydrogen-bond donors (Lipinski definition) is 0. The van der Waals surface area contributed by atoms with E-state index in [1.165, 1.54) is 17.0 Å². The molecule has 2 amide bonds. The molecule has 0 aromatic heterocycles. The average Bonchev–Trinajstić information content (AvgIpc) is 2.84. The Morgan fingerprint density at radius 3 is 2.33 bits per heavy atom. The molecule has 1 heterocycles. The Hall–Kier alpha value is -3.28. The number of rotatable bonds is 4. The van der Waals surface area contributed by atoms with Crippen LogP contribution in [0.15, 0.2) is 60.2 Å². The zero-order chi connectivity index (χ0) is 17.1. The fourth-order valence-corrected chi connectivity index (χ4v) is 2.55. The number of nitro benzene ring substituents is 1. The molecular weight excluding hydrogens is 308 g/mol. The second-order valence-corrected chi connectivity index (χ2v) is 5.47. The standard InChI is InChI=1S/C18H14N2O4/c21-17-11-15(10-13-6-8-16(9-7-13)20(23)24)18(22)19(17)12-14-4-2-1-3-5-14/h1-10H,11-12H2/b15-10-. The van der Waals surface area contributed by atoms with Crippen LogP contribution in [0.1, 0.15) is 17.5 Å². The molecule has 0 saturated carbocycles. The first kappa shape index (κ1) is 15.6. The molecule has 0 bridgehead atoms. The van der Waals surface area contributed by atoms with Gasteiger partial charge in [-0.25, -0.2) is 0 Å². The monoisotopic (exact) mass is 322 g/mol. The van der Waals surface area contributed by atoms with E-state index in [1.807, 2.05) is 30.3 Å². The zero-order valence-electron chi connectivity index (χ0n) is 12.7. The van der Waals surface area contributed by atoms with E-state index in [2.05, 4.69) is 0 Å². The molecule has 0 atom stereocenters. The molecule has 6 heteroatoms. The van der Waals surface area contributed by atoms with Crippen molar-refractivity contribution in [1.82, 2.24) is 4.90 Å². The molecule has 0 aliphatic carbocycles. The van der Waals surface area contributed by atoms with Gasteiger partial charge in [0, 0.05) is 17.7 Å². The van der Waals surface area contributed by atoms with E-state index in [1.54, 1.807) is 18.2 Å². The molecule has 0 unspecified atom stereocenters. The number of hydrogen-bond acceptors (Lipinski definition) is 4. The number of nitro groups is 1. The third kappa shape index (κ3) is 3.22. The van der Waals surface area contributed by atoms with E-state index in [4.69, 9.17) is 0 Å². The molecule has 2 aromatic carbocycles. The highest BCUT2D eigenvalue weighted by molar-refractivity contribution is 6.15. The lowest BCUT2D eigenvalue weighted by atomic mass is 10.1. The highest BCUT2D eigenvalue weighted by Crippen LogP contribution is 2.24. The minimum atomic E-state index is -0.483. The predicted molar refractivity (Wildman–Crippen MR) is 87.7 cm³/mol. The summed E-state index contributed by atoms with van der Waals surface area (Å²) in [6.45, 7) is 0.246. The molecular formula is C18H14N2O4. The lowest BCUT2D eigenvalue weighted by Gasteiger charge is -2.13. The molecule has 0 spiro atoms. The summed E-state index contributed by atoms with van der Waals surface area (Å²) in [4.78, 5) is 35.9. The molecule has 0 N–H and O–H groups in total. The Balaban J connectivity index is 1.79. The Kier molecular flexibility index (Phi) is 4.20. The third-order valence-corrected chi connectivity index (χ3v) is 3.79. The molecule has 24 heavy (non-hydrogen) atoms. The highest BCUT2D eigenvalue weighted by atomic mass is 16.6. The summed E-state index contributed by atoms with van der Waals surface area (Å²) in [5, 5.41) is 10.7. The van der Waals surface area contributed by atoms with E-state index in [9.17, 15) is 19.7 Å². The van der Waals surface area contributed by atoms with Gasteiger partial charge in [-0.05, 0) is 29.3 Å². The fraction of sp³-hybridized carbons (Fsp3) is 0.111. The predicted octanol–water partition coefficient (Wildman–Crippen LogP) is 2.94. The number of amides is 2. The molecule has 1 aliphatic rings. The van der Waals surface area contributed by atoms with Gasteiger partial charge in [0.15, 0.2) is 0 Å². The van der Waals surface area contributed by atoms with Crippen molar-refractivity contribution >= 4 is 23.6 Å². The maximum atomic E-state index is 12.4. The largest absolute Gasteiger partial charge is 0.274 e. The van der Waals surface area contributed by atoms with Gasteiger partial charge in [0.25, 0.3) is 11.6 Å². The van der Waals surface area contributed by atoms with Gasteiger partial charge in [0.2, 0.25) is 5.91 Å². The van der Waals surface area contributed by atoms with Crippen molar-refractivity contribution in [2.45, 2.75) is 13.0 Å². The first-order valence-corrected chi connectivity index (χ1v) is 7.38. The highest BCUT2D eigenvalue weighted by Gasteiger charge is 2.33. The molecule has 1 fully saturated rings. The summed E-state index contributed by atoms with van der Waals surface area (Å²) in [7, 11) is 0. The number of imide groups is 1. The van der Waals surface area contributed by atoms with Gasteiger partial charge in [0.1, 0.15) is 0 Å². The topological polar surface area (TPSA) is 80.5 Å². The number of benzene rings is 2. The Morgan fingerprint density at radius 1 is 1.04 bits per heavy atom. The van der Waals surface area contributed by atoms with Crippen LogP contribution in [0.5, 0.6) is 0 Å². The van der Waals surface area contributed by atoms with Crippen LogP contribution >= 0.6 is 0 Å². The Labute approximate surface area is 138 Å². The van der Waals surface area contributed by atoms with Gasteiger partial charge in [-0.15, -0.1) is 0 Å². The van der Waals surface area contributed by atoms with Crippen LogP contribution < -0.4 is 0 Å². The van der Waals surface area contributed by atoms with Crippen molar-refractivity contribution in [2.24, 2.45) is 0 Å². The van der Waals surface area contributed by atoms with Gasteiger partial charge in [0.05, 0.1) is 17.9 Å². The first-order valence-electron chi connectivity index (χ1n) is 7.38. The van der Waals surface area contributed by atoms with Crippen molar-refractivity contribution in [3.05, 3.63) is 81.4 Å². The smallest absolute Gasteiger partial charge is 0.269 e. The van der Waals surface area contributed by atoms with E-state index < -0.39 is 4.92 Å². The van der Waals surface area contributed by atoms with Crippen molar-refractivity contribution in [3.8, 4) is 0 Å². The van der Waals surface area contributed by atoms with Crippen LogP contribution in [0, 0.1) is 10.1 Å². The summed E-state index contributed by atoms with van der Waals surface area (Å²) < 4.78 is 0. The molecule has 1 aliphatic heterocycles. The van der Waals surface area contributed by atoms with E-state index in [-0.39, 0.29) is 30.5 Å². The van der Waals surface area contributed by atoms with Crippen LogP contribution in [0.3, 0.4) is 0 Å². The molecule has 3 rings (SSSR count). The SMILES string of the molecule is O=C1C/C(=C/c2ccc([N+](=O)[O-])cc2)C(=O)N1Cc1ccccc1. The molecule has 1 saturated heterocycles. The molecule has 0 radical (unpaired) electrons. The van der Waals surface area contributed by atoms with E-state index in [0.29, 0.717) is 11.1 Å². The third-order valence-electron chi connectivity index (χ3n) is 3.79. The van der Waals surface area contributed by atoms with Crippen molar-refractivity contribution in [2.75, 3.05) is 0 Å². The fourth-order valence-electron chi connectivity index (χ4n) is 2.55. The van der Waals surface area contributed by atoms with Crippen molar-refractivity contribution in [1.29, 1.82) is 0 Å². The van der Waals surface area contributed by atoms with Gasteiger partial charge < -0.3 is 0 Å². The lowest BCUT2D eigenvalue weighted by molar-refractivity contribution is -0.384. The number of carbonyl (C=O) groups is 2. The first-order chi connectivity index (χ1) is 11.5. The minimum absolute atomic E-state index is 0.0170. The summed E-state index contributed by atoms with van der Waals surface area (Å²) in [5.41, 5.74) is 1.91. The van der Waals surface area contributed by atoms with Gasteiger partial charge in [-0.3, -0.25) is 24.6 Å². The van der Waals surface area contributed by atoms with Crippen LogP contribution in [0.25, 0.3) is 6.08 Å². The number of non-ortho nitro benzene ring substituents is 1. The van der Waals surface area contributed by atoms with Gasteiger partial charge in [-0.2, -0.15) is 0 Å². The second kappa shape index (κ2) is 6.45. The summed E-state index contributed by atoms with van der Waals surface area (Å²) in [6, 6.07) is 15.2. The van der Waals surface area contributed by atoms with Crippen molar-refractivity contribution < 1.29 is 14.5 Å². The average molecular weight is 322 g/mol. The van der Waals surface area contributed by atoms with E-state index in [0.717, 1.165) is 5.56 Å². The summed E-state index contributed by atoms with van der Waals surface area (Å²) >= 11 is 0. The maximum absolute atomic E-state index is 12.4. The normalized spacial score (nSPS) is 16.0. The maximum Gasteiger partial charge on any atom is 0.269 e. The lowest BCUT2D eigenvalue weighted by Crippen LogP contribution is -2.28. The number of likely N-dealkylation sites (tertiary alicyclic amines) is 1. The quantitative estimate of drug-likeness (QED) is 0.375. The summed E-state index contributed by atoms with van der Waals surface area (Å²) in [5.74, 6) is -0.556. The molecule has 120 valence electrons. The van der Waals surface area contributed by atoms with Gasteiger partial charge >= 0.3 is 0 Å². The second-order valence-electron chi connectivity index (χ2n) is 5.47. The van der Waals surface area contributed by atoms with Gasteiger partial charge in [-0.1, -0.05) is 30.3 Å². The van der Waals surface area contributed by atoms with Crippen LogP contribution in [0.4, 0.5) is 5.69 Å². The van der Waals surface area contributed by atoms with E-state index >= 15 is 0 Å². The Morgan fingerprint density at radius 2 is 1.71 bits per heavy atom. The number of carbonyl (C=O) groups excluding carboxylic acids is 2. The summed E-state index contributed by atoms with van der Waals surface area (Å²) in [6.07, 6.45) is 1.65. The molecule has 2 aromatic rings. The van der Waals surface area contributed by atoms with Crippen LogP contribution in [-0.2, 0) is 16.1 Å². The minimum Gasteiger partial charge on any atom is -0.274 e. The zero-order valence-corrected chi connectivity index (χ0v) is 12.7. The van der Waals surface area contributed by atoms with Crippen LogP contribution in [-0.4, -0.2) is 21.6 Å². The van der Waals surface area contributed by atoms with Crippen LogP contribution in [0.2, 0.25) is 0 Å². The van der Waals surface area contributed by atoms with Crippen molar-refractivity contribution in [3.63, 3.8) is 0 Å².